The summed E-state index contributed by atoms with van der Waals surface area (Å²) < 4.78 is 13.3. The first-order chi connectivity index (χ1) is 11.6. The van der Waals surface area contributed by atoms with Gasteiger partial charge in [0.1, 0.15) is 11.7 Å². The van der Waals surface area contributed by atoms with Gasteiger partial charge < -0.3 is 5.41 Å². The second-order valence-corrected chi connectivity index (χ2v) is 6.96. The minimum absolute atomic E-state index is 0.168. The van der Waals surface area contributed by atoms with Crippen LogP contribution in [0.4, 0.5) is 4.39 Å². The molecule has 118 valence electrons. The van der Waals surface area contributed by atoms with Gasteiger partial charge in [-0.2, -0.15) is 27.5 Å². The highest BCUT2D eigenvalue weighted by atomic mass is 32.2. The summed E-state index contributed by atoms with van der Waals surface area (Å²) in [7, 11) is 0. The minimum Gasteiger partial charge on any atom is -0.305 e. The van der Waals surface area contributed by atoms with Crippen LogP contribution >= 0.6 is 11.8 Å². The van der Waals surface area contributed by atoms with Gasteiger partial charge in [-0.15, -0.1) is 0 Å². The molecule has 24 heavy (non-hydrogen) atoms. The van der Waals surface area contributed by atoms with Crippen LogP contribution < -0.4 is 0 Å². The third-order valence-electron chi connectivity index (χ3n) is 4.79. The number of fused-ring (bicyclic) bond motifs is 1. The molecule has 4 nitrogen and oxygen atoms in total. The summed E-state index contributed by atoms with van der Waals surface area (Å²) >= 11 is 1.67. The maximum absolute atomic E-state index is 13.3. The molecule has 0 bridgehead atoms. The topological polar surface area (TPSA) is 95.2 Å². The van der Waals surface area contributed by atoms with Gasteiger partial charge in [-0.25, -0.2) is 4.39 Å². The number of hydrogen-bond acceptors (Lipinski definition) is 5. The monoisotopic (exact) mass is 336 g/mol. The summed E-state index contributed by atoms with van der Waals surface area (Å²) in [6.07, 6.45) is 1.94. The van der Waals surface area contributed by atoms with Crippen molar-refractivity contribution in [2.45, 2.75) is 5.92 Å². The molecule has 1 fully saturated rings. The first-order valence-corrected chi connectivity index (χ1v) is 8.58. The Balaban J connectivity index is 2.24. The highest BCUT2D eigenvalue weighted by Crippen LogP contribution is 2.54. The second-order valence-electron chi connectivity index (χ2n) is 5.88. The van der Waals surface area contributed by atoms with Crippen LogP contribution in [0.15, 0.2) is 35.9 Å². The van der Waals surface area contributed by atoms with Crippen LogP contribution in [-0.2, 0) is 0 Å². The van der Waals surface area contributed by atoms with Crippen molar-refractivity contribution in [1.82, 2.24) is 0 Å². The van der Waals surface area contributed by atoms with Gasteiger partial charge in [0.05, 0.1) is 23.9 Å². The van der Waals surface area contributed by atoms with Crippen LogP contribution in [0, 0.1) is 62.5 Å². The van der Waals surface area contributed by atoms with Gasteiger partial charge in [-0.3, -0.25) is 0 Å². The van der Waals surface area contributed by atoms with E-state index >= 15 is 0 Å². The summed E-state index contributed by atoms with van der Waals surface area (Å²) in [6.45, 7) is 0. The van der Waals surface area contributed by atoms with Crippen molar-refractivity contribution < 1.29 is 4.39 Å². The first-order valence-electron chi connectivity index (χ1n) is 7.43. The van der Waals surface area contributed by atoms with Crippen molar-refractivity contribution >= 4 is 17.5 Å². The number of allylic oxidation sites excluding steroid dienone is 1. The van der Waals surface area contributed by atoms with Crippen LogP contribution in [0.2, 0.25) is 0 Å². The average molecular weight is 336 g/mol. The molecule has 1 aliphatic carbocycles. The lowest BCUT2D eigenvalue weighted by Crippen LogP contribution is -2.49. The fraction of sp³-hybridized carbons (Fsp3) is 0.333. The maximum Gasteiger partial charge on any atom is 0.189 e. The van der Waals surface area contributed by atoms with Gasteiger partial charge in [0.2, 0.25) is 0 Å². The predicted molar refractivity (Wildman–Crippen MR) is 88.5 cm³/mol. The molecule has 0 spiro atoms. The molecule has 6 heteroatoms. The molecule has 0 unspecified atom stereocenters. The molecule has 1 aromatic carbocycles. The van der Waals surface area contributed by atoms with E-state index in [0.29, 0.717) is 11.3 Å². The summed E-state index contributed by atoms with van der Waals surface area (Å²) in [5.74, 6) is -0.583. The van der Waals surface area contributed by atoms with E-state index in [1.54, 1.807) is 23.9 Å². The van der Waals surface area contributed by atoms with E-state index in [-0.39, 0.29) is 11.6 Å². The van der Waals surface area contributed by atoms with E-state index in [4.69, 9.17) is 5.41 Å². The molecule has 2 aliphatic rings. The molecule has 0 amide bonds. The second kappa shape index (κ2) is 6.11. The van der Waals surface area contributed by atoms with Crippen molar-refractivity contribution in [2.75, 3.05) is 11.5 Å². The quantitative estimate of drug-likeness (QED) is 0.795. The summed E-state index contributed by atoms with van der Waals surface area (Å²) in [5.41, 5.74) is -0.410. The Morgan fingerprint density at radius 2 is 1.83 bits per heavy atom. The lowest BCUT2D eigenvalue weighted by atomic mass is 9.55. The SMILES string of the molecule is N#C[C@@H]1C(=N)C(C#N)(C#N)[C@@H](c2ccc(F)cc2)[C@@H]2CSCC=C12. The van der Waals surface area contributed by atoms with E-state index in [9.17, 15) is 20.2 Å². The van der Waals surface area contributed by atoms with Crippen molar-refractivity contribution in [3.63, 3.8) is 0 Å². The lowest BCUT2D eigenvalue weighted by molar-refractivity contribution is 0.378. The fourth-order valence-electron chi connectivity index (χ4n) is 3.66. The summed E-state index contributed by atoms with van der Waals surface area (Å²) in [5, 5.41) is 37.5. The van der Waals surface area contributed by atoms with Gasteiger partial charge >= 0.3 is 0 Å². The van der Waals surface area contributed by atoms with Gasteiger partial charge in [0.15, 0.2) is 5.41 Å². The van der Waals surface area contributed by atoms with Gasteiger partial charge in [0, 0.05) is 23.3 Å². The smallest absolute Gasteiger partial charge is 0.189 e. The summed E-state index contributed by atoms with van der Waals surface area (Å²) in [6, 6.07) is 11.9. The number of nitrogens with zero attached hydrogens (tertiary/aromatic N) is 3. The molecular formula is C18H13FN4S. The van der Waals surface area contributed by atoms with E-state index in [0.717, 1.165) is 11.3 Å². The van der Waals surface area contributed by atoms with E-state index in [1.807, 2.05) is 18.2 Å². The highest BCUT2D eigenvalue weighted by Gasteiger charge is 2.57. The Labute approximate surface area is 143 Å². The first kappa shape index (κ1) is 16.2. The van der Waals surface area contributed by atoms with Crippen molar-refractivity contribution in [3.05, 3.63) is 47.3 Å². The van der Waals surface area contributed by atoms with Gasteiger partial charge in [-0.05, 0) is 23.3 Å². The van der Waals surface area contributed by atoms with Crippen LogP contribution in [-0.4, -0.2) is 17.2 Å². The third-order valence-corrected chi connectivity index (χ3v) is 5.79. The van der Waals surface area contributed by atoms with E-state index in [2.05, 4.69) is 6.07 Å². The molecule has 0 saturated heterocycles. The largest absolute Gasteiger partial charge is 0.305 e. The standard InChI is InChI=1S/C18H13FN4S/c19-12-3-1-11(2-4-12)16-15-8-24-6-5-13(15)14(7-20)17(23)18(16,9-21)10-22/h1-5,14-16,23H,6,8H2/t14-,15+,16-/m0/s1. The number of thioether (sulfide) groups is 1. The van der Waals surface area contributed by atoms with Crippen LogP contribution in [0.25, 0.3) is 0 Å². The number of benzene rings is 1. The van der Waals surface area contributed by atoms with Gasteiger partial charge in [-0.1, -0.05) is 18.2 Å². The molecule has 1 N–H and O–H groups in total. The van der Waals surface area contributed by atoms with E-state index in [1.165, 1.54) is 12.1 Å². The zero-order valence-electron chi connectivity index (χ0n) is 12.7. The van der Waals surface area contributed by atoms with Crippen molar-refractivity contribution in [2.24, 2.45) is 17.3 Å². The third kappa shape index (κ3) is 2.21. The molecule has 3 rings (SSSR count). The number of rotatable bonds is 1. The molecule has 0 aromatic heterocycles. The zero-order valence-corrected chi connectivity index (χ0v) is 13.5. The Morgan fingerprint density at radius 3 is 2.42 bits per heavy atom. The maximum atomic E-state index is 13.3. The molecule has 1 aromatic rings. The van der Waals surface area contributed by atoms with Crippen molar-refractivity contribution in [1.29, 1.82) is 21.2 Å². The number of halogens is 1. The predicted octanol–water partition coefficient (Wildman–Crippen LogP) is 3.41. The van der Waals surface area contributed by atoms with Crippen LogP contribution in [0.3, 0.4) is 0 Å². The normalized spacial score (nSPS) is 27.8. The number of nitriles is 3. The minimum atomic E-state index is -1.71. The average Bonchev–Trinajstić information content (AvgIpc) is 2.62. The zero-order chi connectivity index (χ0) is 17.3. The Bertz CT molecular complexity index is 824. The molecule has 1 aliphatic heterocycles. The number of hydrogen-bond donors (Lipinski definition) is 1. The number of nitrogens with one attached hydrogen (secondary N) is 1. The molecule has 1 saturated carbocycles. The molecular weight excluding hydrogens is 323 g/mol. The molecule has 1 heterocycles. The van der Waals surface area contributed by atoms with Crippen LogP contribution in [0.1, 0.15) is 11.5 Å². The molecule has 0 radical (unpaired) electrons. The molecule has 3 atom stereocenters. The Morgan fingerprint density at radius 1 is 1.17 bits per heavy atom. The fourth-order valence-corrected chi connectivity index (χ4v) is 4.74. The summed E-state index contributed by atoms with van der Waals surface area (Å²) in [4.78, 5) is 0. The Hall–Kier alpha value is -2.62. The van der Waals surface area contributed by atoms with Crippen LogP contribution in [0.5, 0.6) is 0 Å². The Kier molecular flexibility index (Phi) is 4.14. The van der Waals surface area contributed by atoms with Gasteiger partial charge in [0.25, 0.3) is 0 Å². The highest BCUT2D eigenvalue weighted by molar-refractivity contribution is 7.99. The van der Waals surface area contributed by atoms with Crippen molar-refractivity contribution in [3.8, 4) is 18.2 Å². The van der Waals surface area contributed by atoms with E-state index < -0.39 is 23.1 Å². The lowest BCUT2D eigenvalue weighted by Gasteiger charge is -2.45.